The van der Waals surface area contributed by atoms with Gasteiger partial charge in [0.15, 0.2) is 5.96 Å². The molecule has 2 fully saturated rings. The minimum absolute atomic E-state index is 0.209. The molecule has 0 saturated carbocycles. The van der Waals surface area contributed by atoms with E-state index in [0.717, 1.165) is 51.1 Å². The van der Waals surface area contributed by atoms with Gasteiger partial charge in [0.1, 0.15) is 0 Å². The highest BCUT2D eigenvalue weighted by Gasteiger charge is 2.21. The SMILES string of the molecule is CN=C(NCC1CCSCC1)N1CCN(CCC(=O)N(C)C)CC1. The lowest BCUT2D eigenvalue weighted by atomic mass is 10.0. The van der Waals surface area contributed by atoms with E-state index in [9.17, 15) is 4.79 Å². The van der Waals surface area contributed by atoms with E-state index < -0.39 is 0 Å². The quantitative estimate of drug-likeness (QED) is 0.584. The van der Waals surface area contributed by atoms with Gasteiger partial charge in [-0.1, -0.05) is 0 Å². The van der Waals surface area contributed by atoms with Gasteiger partial charge in [-0.05, 0) is 30.3 Å². The number of hydrogen-bond donors (Lipinski definition) is 1. The first-order valence-corrected chi connectivity index (χ1v) is 10.2. The van der Waals surface area contributed by atoms with E-state index in [1.807, 2.05) is 21.1 Å². The molecule has 1 amide bonds. The number of nitrogens with zero attached hydrogens (tertiary/aromatic N) is 4. The summed E-state index contributed by atoms with van der Waals surface area (Å²) >= 11 is 2.07. The number of nitrogens with one attached hydrogen (secondary N) is 1. The highest BCUT2D eigenvalue weighted by Crippen LogP contribution is 2.21. The summed E-state index contributed by atoms with van der Waals surface area (Å²) < 4.78 is 0. The lowest BCUT2D eigenvalue weighted by Gasteiger charge is -2.37. The van der Waals surface area contributed by atoms with Crippen LogP contribution in [-0.4, -0.2) is 98.5 Å². The number of carbonyl (C=O) groups excluding carboxylic acids is 1. The Morgan fingerprint density at radius 3 is 2.46 bits per heavy atom. The van der Waals surface area contributed by atoms with Crippen molar-refractivity contribution in [3.8, 4) is 0 Å². The Morgan fingerprint density at radius 2 is 1.88 bits per heavy atom. The largest absolute Gasteiger partial charge is 0.356 e. The molecule has 0 unspecified atom stereocenters. The third-order valence-corrected chi connectivity index (χ3v) is 5.96. The number of piperazine rings is 1. The van der Waals surface area contributed by atoms with Crippen LogP contribution >= 0.6 is 11.8 Å². The fourth-order valence-corrected chi connectivity index (χ4v) is 4.38. The van der Waals surface area contributed by atoms with Crippen LogP contribution in [-0.2, 0) is 4.79 Å². The second kappa shape index (κ2) is 10.1. The van der Waals surface area contributed by atoms with Crippen molar-refractivity contribution in [2.24, 2.45) is 10.9 Å². The van der Waals surface area contributed by atoms with Crippen LogP contribution in [0, 0.1) is 5.92 Å². The maximum Gasteiger partial charge on any atom is 0.223 e. The van der Waals surface area contributed by atoms with Crippen LogP contribution in [0.15, 0.2) is 4.99 Å². The lowest BCUT2D eigenvalue weighted by molar-refractivity contribution is -0.129. The van der Waals surface area contributed by atoms with Gasteiger partial charge in [-0.3, -0.25) is 14.7 Å². The number of rotatable bonds is 5. The average Bonchev–Trinajstić information content (AvgIpc) is 2.62. The Hall–Kier alpha value is -0.950. The van der Waals surface area contributed by atoms with Gasteiger partial charge in [0.25, 0.3) is 0 Å². The Bertz CT molecular complexity index is 415. The molecule has 2 aliphatic rings. The normalized spacial score (nSPS) is 21.0. The Morgan fingerprint density at radius 1 is 1.21 bits per heavy atom. The molecule has 0 radical (unpaired) electrons. The van der Waals surface area contributed by atoms with E-state index in [4.69, 9.17) is 0 Å². The van der Waals surface area contributed by atoms with E-state index >= 15 is 0 Å². The second-order valence-electron chi connectivity index (χ2n) is 6.85. The van der Waals surface area contributed by atoms with Crippen LogP contribution in [0.5, 0.6) is 0 Å². The summed E-state index contributed by atoms with van der Waals surface area (Å²) in [5.41, 5.74) is 0. The van der Waals surface area contributed by atoms with Gasteiger partial charge in [-0.25, -0.2) is 0 Å². The number of carbonyl (C=O) groups is 1. The summed E-state index contributed by atoms with van der Waals surface area (Å²) in [5.74, 6) is 4.64. The fourth-order valence-electron chi connectivity index (χ4n) is 3.18. The zero-order valence-corrected chi connectivity index (χ0v) is 16.3. The Labute approximate surface area is 151 Å². The molecule has 0 aromatic rings. The van der Waals surface area contributed by atoms with E-state index in [-0.39, 0.29) is 5.91 Å². The van der Waals surface area contributed by atoms with Crippen molar-refractivity contribution in [3.63, 3.8) is 0 Å². The minimum atomic E-state index is 0.209. The standard InChI is InChI=1S/C17H33N5OS/c1-18-17(19-14-15-5-12-24-13-6-15)22-10-8-21(9-11-22)7-4-16(23)20(2)3/h15H,4-14H2,1-3H3,(H,18,19). The van der Waals surface area contributed by atoms with Crippen molar-refractivity contribution in [2.45, 2.75) is 19.3 Å². The predicted octanol–water partition coefficient (Wildman–Crippen LogP) is 0.801. The first-order chi connectivity index (χ1) is 11.6. The molecule has 2 heterocycles. The van der Waals surface area contributed by atoms with E-state index in [1.54, 1.807) is 4.90 Å². The zero-order chi connectivity index (χ0) is 17.4. The molecule has 24 heavy (non-hydrogen) atoms. The Kier molecular flexibility index (Phi) is 8.18. The highest BCUT2D eigenvalue weighted by atomic mass is 32.2. The molecule has 0 spiro atoms. The first kappa shape index (κ1) is 19.4. The molecule has 138 valence electrons. The van der Waals surface area contributed by atoms with Gasteiger partial charge in [-0.2, -0.15) is 11.8 Å². The molecule has 0 atom stereocenters. The van der Waals surface area contributed by atoms with Gasteiger partial charge in [0, 0.05) is 66.8 Å². The number of amides is 1. The molecule has 7 heteroatoms. The summed E-state index contributed by atoms with van der Waals surface area (Å²) in [6.07, 6.45) is 3.25. The van der Waals surface area contributed by atoms with Gasteiger partial charge < -0.3 is 15.1 Å². The van der Waals surface area contributed by atoms with Crippen LogP contribution in [0.3, 0.4) is 0 Å². The van der Waals surface area contributed by atoms with Crippen LogP contribution < -0.4 is 5.32 Å². The summed E-state index contributed by atoms with van der Waals surface area (Å²) in [6.45, 7) is 5.87. The summed E-state index contributed by atoms with van der Waals surface area (Å²) in [5, 5.41) is 3.58. The smallest absolute Gasteiger partial charge is 0.223 e. The van der Waals surface area contributed by atoms with Crippen molar-refractivity contribution in [1.29, 1.82) is 0 Å². The molecule has 2 rings (SSSR count). The van der Waals surface area contributed by atoms with Gasteiger partial charge in [-0.15, -0.1) is 0 Å². The molecule has 6 nitrogen and oxygen atoms in total. The third-order valence-electron chi connectivity index (χ3n) is 4.91. The summed E-state index contributed by atoms with van der Waals surface area (Å²) in [7, 11) is 5.52. The van der Waals surface area contributed by atoms with E-state index in [1.165, 1.54) is 24.3 Å². The minimum Gasteiger partial charge on any atom is -0.356 e. The van der Waals surface area contributed by atoms with Crippen LogP contribution in [0.4, 0.5) is 0 Å². The van der Waals surface area contributed by atoms with Crippen molar-refractivity contribution in [3.05, 3.63) is 0 Å². The van der Waals surface area contributed by atoms with Crippen LogP contribution in [0.2, 0.25) is 0 Å². The number of hydrogen-bond acceptors (Lipinski definition) is 4. The number of guanidine groups is 1. The van der Waals surface area contributed by atoms with Gasteiger partial charge in [0.05, 0.1) is 0 Å². The van der Waals surface area contributed by atoms with Crippen molar-refractivity contribution >= 4 is 23.6 Å². The predicted molar refractivity (Wildman–Crippen MR) is 103 cm³/mol. The van der Waals surface area contributed by atoms with Crippen molar-refractivity contribution < 1.29 is 4.79 Å². The molecule has 2 aliphatic heterocycles. The lowest BCUT2D eigenvalue weighted by Crippen LogP contribution is -2.53. The summed E-state index contributed by atoms with van der Waals surface area (Å²) in [4.78, 5) is 22.6. The van der Waals surface area contributed by atoms with Crippen molar-refractivity contribution in [2.75, 3.05) is 71.9 Å². The van der Waals surface area contributed by atoms with E-state index in [2.05, 4.69) is 31.9 Å². The van der Waals surface area contributed by atoms with Gasteiger partial charge in [0.2, 0.25) is 5.91 Å². The molecule has 0 aliphatic carbocycles. The number of aliphatic imine (C=N–C) groups is 1. The molecule has 0 aromatic carbocycles. The van der Waals surface area contributed by atoms with Crippen LogP contribution in [0.25, 0.3) is 0 Å². The first-order valence-electron chi connectivity index (χ1n) is 9.06. The van der Waals surface area contributed by atoms with Gasteiger partial charge >= 0.3 is 0 Å². The molecule has 0 bridgehead atoms. The highest BCUT2D eigenvalue weighted by molar-refractivity contribution is 7.99. The molecular formula is C17H33N5OS. The van der Waals surface area contributed by atoms with Crippen LogP contribution in [0.1, 0.15) is 19.3 Å². The zero-order valence-electron chi connectivity index (χ0n) is 15.5. The Balaban J connectivity index is 1.68. The maximum absolute atomic E-state index is 11.7. The average molecular weight is 356 g/mol. The maximum atomic E-state index is 11.7. The van der Waals surface area contributed by atoms with E-state index in [0.29, 0.717) is 6.42 Å². The molecular weight excluding hydrogens is 322 g/mol. The monoisotopic (exact) mass is 355 g/mol. The molecule has 1 N–H and O–H groups in total. The second-order valence-corrected chi connectivity index (χ2v) is 8.08. The summed E-state index contributed by atoms with van der Waals surface area (Å²) in [6, 6.07) is 0. The molecule has 2 saturated heterocycles. The van der Waals surface area contributed by atoms with Crippen molar-refractivity contribution in [1.82, 2.24) is 20.0 Å². The third kappa shape index (κ3) is 6.16. The fraction of sp³-hybridized carbons (Fsp3) is 0.882. The molecule has 0 aromatic heterocycles. The number of thioether (sulfide) groups is 1. The topological polar surface area (TPSA) is 51.2 Å².